The van der Waals surface area contributed by atoms with Gasteiger partial charge in [0.25, 0.3) is 0 Å². The van der Waals surface area contributed by atoms with Gasteiger partial charge in [-0.2, -0.15) is 0 Å². The highest BCUT2D eigenvalue weighted by atomic mass is 16.3. The average molecular weight is 1540 g/mol. The quantitative estimate of drug-likeness (QED) is 0.167. The molecule has 0 saturated heterocycles. The van der Waals surface area contributed by atoms with Crippen LogP contribution in [0.15, 0.2) is 450 Å². The van der Waals surface area contributed by atoms with Gasteiger partial charge in [-0.1, -0.05) is 417 Å². The lowest BCUT2D eigenvalue weighted by Gasteiger charge is -2.34. The first-order chi connectivity index (χ1) is 59.0. The van der Waals surface area contributed by atoms with Gasteiger partial charge in [0.05, 0.1) is 16.2 Å². The monoisotopic (exact) mass is 1540 g/mol. The molecule has 0 aliphatic heterocycles. The van der Waals surface area contributed by atoms with E-state index < -0.39 is 0 Å². The molecule has 18 aromatic carbocycles. The minimum Gasteiger partial charge on any atom is -0.456 e. The lowest BCUT2D eigenvalue weighted by molar-refractivity contribution is 0.665. The summed E-state index contributed by atoms with van der Waals surface area (Å²) >= 11 is 0. The van der Waals surface area contributed by atoms with Crippen molar-refractivity contribution in [3.05, 3.63) is 537 Å². The molecule has 0 atom stereocenters. The number of hydrogen-bond acceptors (Lipinski definition) is 3. The molecule has 3 heterocycles. The highest BCUT2D eigenvalue weighted by Crippen LogP contribution is 2.60. The van der Waals surface area contributed by atoms with Crippen molar-refractivity contribution in [3.8, 4) is 33.4 Å². The summed E-state index contributed by atoms with van der Waals surface area (Å²) in [6.07, 6.45) is 0. The second-order valence-electron chi connectivity index (χ2n) is 31.9. The zero-order valence-corrected chi connectivity index (χ0v) is 68.3. The van der Waals surface area contributed by atoms with Gasteiger partial charge in [0, 0.05) is 32.3 Å². The normalized spacial score (nSPS) is 12.9. The Morgan fingerprint density at radius 1 is 0.167 bits per heavy atom. The Bertz CT molecular complexity index is 7060. The molecule has 3 nitrogen and oxygen atoms in total. The second-order valence-corrected chi connectivity index (χ2v) is 31.9. The maximum Gasteiger partial charge on any atom is 0.138 e. The Morgan fingerprint density at radius 2 is 0.483 bits per heavy atom. The van der Waals surface area contributed by atoms with Crippen LogP contribution in [0.4, 0.5) is 0 Å². The van der Waals surface area contributed by atoms with E-state index in [2.05, 4.69) is 418 Å². The van der Waals surface area contributed by atoms with Crippen molar-refractivity contribution in [1.29, 1.82) is 0 Å². The molecule has 0 radical (unpaired) electrons. The number of rotatable bonds is 6. The summed E-state index contributed by atoms with van der Waals surface area (Å²) in [6, 6.07) is 156. The van der Waals surface area contributed by atoms with Crippen LogP contribution in [-0.2, 0) is 16.2 Å². The van der Waals surface area contributed by atoms with Crippen molar-refractivity contribution in [3.63, 3.8) is 0 Å². The van der Waals surface area contributed by atoms with Gasteiger partial charge in [-0.15, -0.1) is 0 Å². The van der Waals surface area contributed by atoms with E-state index in [0.717, 1.165) is 33.5 Å². The van der Waals surface area contributed by atoms with Gasteiger partial charge in [-0.3, -0.25) is 0 Å². The first-order valence-electron chi connectivity index (χ1n) is 41.6. The summed E-state index contributed by atoms with van der Waals surface area (Å²) in [7, 11) is 0. The summed E-state index contributed by atoms with van der Waals surface area (Å²) in [6.45, 7) is 12.8. The van der Waals surface area contributed by atoms with Crippen molar-refractivity contribution in [2.24, 2.45) is 0 Å². The van der Waals surface area contributed by atoms with E-state index in [9.17, 15) is 0 Å². The summed E-state index contributed by atoms with van der Waals surface area (Å²) in [5, 5.41) is 7.22. The highest BCUT2D eigenvalue weighted by molar-refractivity contribution is 6.07. The summed E-state index contributed by atoms with van der Waals surface area (Å²) in [5.41, 5.74) is 37.0. The van der Waals surface area contributed by atoms with E-state index in [0.29, 0.717) is 0 Å². The van der Waals surface area contributed by atoms with Crippen molar-refractivity contribution in [2.75, 3.05) is 0 Å². The highest BCUT2D eigenvalue weighted by Gasteiger charge is 2.49. The molecule has 0 unspecified atom stereocenters. The Labute approximate surface area is 702 Å². The van der Waals surface area contributed by atoms with Gasteiger partial charge in [-0.05, 0) is 195 Å². The number of aryl methyl sites for hydroxylation is 6. The van der Waals surface area contributed by atoms with E-state index in [1.807, 2.05) is 60.7 Å². The number of fused-ring (bicyclic) bond motifs is 18. The molecular weight excluding hydrogens is 1450 g/mol. The lowest BCUT2D eigenvalue weighted by Crippen LogP contribution is -2.28. The van der Waals surface area contributed by atoms with Gasteiger partial charge >= 0.3 is 0 Å². The minimum atomic E-state index is -0.263. The second kappa shape index (κ2) is 32.1. The van der Waals surface area contributed by atoms with Crippen LogP contribution in [-0.4, -0.2) is 0 Å². The largest absolute Gasteiger partial charge is 0.456 e. The Kier molecular flexibility index (Phi) is 20.2. The maximum absolute atomic E-state index is 5.78. The van der Waals surface area contributed by atoms with Crippen LogP contribution in [0.5, 0.6) is 0 Å². The molecule has 3 aliphatic rings. The van der Waals surface area contributed by atoms with Gasteiger partial charge in [-0.25, -0.2) is 0 Å². The molecule has 0 amide bonds. The minimum absolute atomic E-state index is 0.262. The van der Waals surface area contributed by atoms with Crippen molar-refractivity contribution in [1.82, 2.24) is 0 Å². The van der Waals surface area contributed by atoms with Gasteiger partial charge in [0.2, 0.25) is 0 Å². The first-order valence-corrected chi connectivity index (χ1v) is 41.6. The molecule has 120 heavy (non-hydrogen) atoms. The third-order valence-electron chi connectivity index (χ3n) is 24.6. The Morgan fingerprint density at radius 3 is 1.02 bits per heavy atom. The molecule has 0 fully saturated rings. The molecule has 0 saturated carbocycles. The molecule has 0 spiro atoms. The smallest absolute Gasteiger partial charge is 0.138 e. The fourth-order valence-electron chi connectivity index (χ4n) is 19.4. The Hall–Kier alpha value is -14.6. The summed E-state index contributed by atoms with van der Waals surface area (Å²) in [5.74, 6) is 0. The third-order valence-corrected chi connectivity index (χ3v) is 24.6. The molecule has 0 N–H and O–H groups in total. The molecule has 3 aliphatic carbocycles. The van der Waals surface area contributed by atoms with Crippen molar-refractivity contribution in [2.45, 2.75) is 57.8 Å². The molecule has 3 aromatic heterocycles. The molecule has 576 valence electrons. The Balaban J connectivity index is 0.0000000973. The molecule has 0 bridgehead atoms. The molecular formula is C117H90O3. The fraction of sp³-hybridized carbons (Fsp3) is 0.0769. The average Bonchev–Trinajstić information content (AvgIpc) is 1.56. The first kappa shape index (κ1) is 75.4. The number of benzene rings is 18. The zero-order chi connectivity index (χ0) is 81.3. The van der Waals surface area contributed by atoms with Crippen molar-refractivity contribution < 1.29 is 13.3 Å². The van der Waals surface area contributed by atoms with Crippen LogP contribution < -0.4 is 0 Å². The fourth-order valence-corrected chi connectivity index (χ4v) is 19.4. The molecule has 21 aromatic rings. The standard InChI is InChI=1S/3C26H20.3C13H10O/c1-19-11-10-18-24-25(19)22-16-8-9-17-23(22)26(24,20-12-4-2-5-13-20)21-14-6-3-7-15-21;1-19-16-17-25-23(18-19)22-14-8-9-15-24(22)26(25,20-10-4-2-5-11-20)21-12-6-3-7-13-21;1-19-16-17-23-22-14-8-9-15-24(22)26(25(23)18-19,20-10-4-2-5-11-20)21-12-6-3-7-13-21;1-9-5-4-7-11-10-6-2-3-8-12(10)14-13(9)11;1-9-6-7-13-11(8-9)10-4-2-3-5-12(10)14-13;1-9-6-7-11-10-4-2-3-5-12(10)14-13(11)8-9/h3*2-18H,1H3;3*2-8H,1H3. The molecule has 24 rings (SSSR count). The van der Waals surface area contributed by atoms with E-state index in [1.54, 1.807) is 0 Å². The van der Waals surface area contributed by atoms with E-state index in [-0.39, 0.29) is 16.2 Å². The van der Waals surface area contributed by atoms with Crippen LogP contribution in [0, 0.1) is 41.5 Å². The number of furan rings is 3. The summed E-state index contributed by atoms with van der Waals surface area (Å²) < 4.78 is 17.2. The van der Waals surface area contributed by atoms with E-state index >= 15 is 0 Å². The topological polar surface area (TPSA) is 39.4 Å². The van der Waals surface area contributed by atoms with Crippen LogP contribution in [0.25, 0.3) is 99.2 Å². The summed E-state index contributed by atoms with van der Waals surface area (Å²) in [4.78, 5) is 0. The maximum atomic E-state index is 5.78. The van der Waals surface area contributed by atoms with E-state index in [4.69, 9.17) is 13.3 Å². The third kappa shape index (κ3) is 13.1. The predicted molar refractivity (Wildman–Crippen MR) is 501 cm³/mol. The van der Waals surface area contributed by atoms with Crippen LogP contribution in [0.1, 0.15) is 100 Å². The number of para-hydroxylation sites is 4. The van der Waals surface area contributed by atoms with E-state index in [1.165, 1.54) is 166 Å². The zero-order valence-electron chi connectivity index (χ0n) is 68.3. The van der Waals surface area contributed by atoms with Gasteiger partial charge in [0.1, 0.15) is 33.5 Å². The number of hydrogen-bond donors (Lipinski definition) is 0. The van der Waals surface area contributed by atoms with Crippen LogP contribution in [0.2, 0.25) is 0 Å². The molecule has 3 heteroatoms. The van der Waals surface area contributed by atoms with Crippen molar-refractivity contribution >= 4 is 65.8 Å². The van der Waals surface area contributed by atoms with Gasteiger partial charge < -0.3 is 13.3 Å². The lowest BCUT2D eigenvalue weighted by atomic mass is 9.67. The van der Waals surface area contributed by atoms with Crippen LogP contribution >= 0.6 is 0 Å². The van der Waals surface area contributed by atoms with Gasteiger partial charge in [0.15, 0.2) is 0 Å². The van der Waals surface area contributed by atoms with Crippen LogP contribution in [0.3, 0.4) is 0 Å². The SMILES string of the molecule is Cc1ccc2c(c1)-c1ccccc1C2(c1ccccc1)c1ccccc1.Cc1ccc2c(c1)C(c1ccccc1)(c1ccccc1)c1ccccc1-2.Cc1ccc2c(c1)oc1ccccc12.Cc1ccc2oc3ccccc3c2c1.Cc1cccc2c1-c1ccccc1C2(c1ccccc1)c1ccccc1.Cc1cccc2c1oc1ccccc12. The predicted octanol–water partition coefficient (Wildman–Crippen LogP) is 30.8.